The number of aliphatic hydroxyl groups is 1. The number of hydrogen-bond donors (Lipinski definition) is 1. The molecule has 24 heavy (non-hydrogen) atoms. The molecule has 2 aliphatic rings. The zero-order chi connectivity index (χ0) is 15.9. The minimum absolute atomic E-state index is 0. The normalized spacial score (nSPS) is 19.4. The van der Waals surface area contributed by atoms with E-state index in [1.807, 2.05) is 12.1 Å². The van der Waals surface area contributed by atoms with Crippen LogP contribution in [0, 0.1) is 0 Å². The van der Waals surface area contributed by atoms with Gasteiger partial charge in [0.15, 0.2) is 0 Å². The molecule has 0 aromatic heterocycles. The van der Waals surface area contributed by atoms with E-state index >= 15 is 0 Å². The van der Waals surface area contributed by atoms with E-state index in [0.717, 1.165) is 43.9 Å². The highest BCUT2D eigenvalue weighted by Gasteiger charge is 2.42. The first-order valence-electron chi connectivity index (χ1n) is 8.59. The number of halogens is 1. The third kappa shape index (κ3) is 2.76. The molecule has 128 valence electrons. The molecule has 0 bridgehead atoms. The molecule has 1 fully saturated rings. The minimum atomic E-state index is -0.887. The second-order valence-corrected chi connectivity index (χ2v) is 6.66. The van der Waals surface area contributed by atoms with E-state index < -0.39 is 5.60 Å². The van der Waals surface area contributed by atoms with Gasteiger partial charge in [0.1, 0.15) is 5.60 Å². The van der Waals surface area contributed by atoms with Gasteiger partial charge in [0.05, 0.1) is 0 Å². The van der Waals surface area contributed by atoms with Crippen LogP contribution in [0.15, 0.2) is 48.5 Å². The predicted molar refractivity (Wildman–Crippen MR) is 101 cm³/mol. The SMILES string of the molecule is CCN1CCN(CC2(O)c3ccccc3-c3ccccc32)CC1.Cl. The maximum atomic E-state index is 11.6. The van der Waals surface area contributed by atoms with Crippen molar-refractivity contribution in [2.75, 3.05) is 39.3 Å². The highest BCUT2D eigenvalue weighted by atomic mass is 35.5. The highest BCUT2D eigenvalue weighted by molar-refractivity contribution is 5.85. The Morgan fingerprint density at radius 3 is 1.79 bits per heavy atom. The van der Waals surface area contributed by atoms with E-state index in [4.69, 9.17) is 0 Å². The van der Waals surface area contributed by atoms with Gasteiger partial charge < -0.3 is 10.0 Å². The standard InChI is InChI=1S/C20H24N2O.ClH/c1-2-21-11-13-22(14-12-21)15-20(23)18-9-5-3-7-16(18)17-8-4-6-10-19(17)20;/h3-10,23H,2,11-15H2,1H3;1H. The Bertz CT molecular complexity index is 665. The third-order valence-electron chi connectivity index (χ3n) is 5.40. The van der Waals surface area contributed by atoms with Gasteiger partial charge in [0.25, 0.3) is 0 Å². The lowest BCUT2D eigenvalue weighted by Crippen LogP contribution is -2.50. The molecule has 4 rings (SSSR count). The fourth-order valence-electron chi connectivity index (χ4n) is 4.06. The molecule has 0 spiro atoms. The molecule has 2 aromatic rings. The van der Waals surface area contributed by atoms with Crippen molar-refractivity contribution >= 4 is 12.4 Å². The summed E-state index contributed by atoms with van der Waals surface area (Å²) in [6, 6.07) is 16.6. The predicted octanol–water partition coefficient (Wildman–Crippen LogP) is 2.96. The van der Waals surface area contributed by atoms with E-state index in [0.29, 0.717) is 6.54 Å². The van der Waals surface area contributed by atoms with Crippen LogP contribution in [0.5, 0.6) is 0 Å². The Balaban J connectivity index is 0.00000169. The van der Waals surface area contributed by atoms with Gasteiger partial charge in [-0.15, -0.1) is 12.4 Å². The lowest BCUT2D eigenvalue weighted by Gasteiger charge is -2.38. The fraction of sp³-hybridized carbons (Fsp3) is 0.400. The summed E-state index contributed by atoms with van der Waals surface area (Å²) >= 11 is 0. The maximum absolute atomic E-state index is 11.6. The van der Waals surface area contributed by atoms with Gasteiger partial charge in [-0.05, 0) is 28.8 Å². The molecule has 1 saturated heterocycles. The van der Waals surface area contributed by atoms with E-state index in [2.05, 4.69) is 53.1 Å². The second kappa shape index (κ2) is 6.85. The van der Waals surface area contributed by atoms with Gasteiger partial charge in [-0.2, -0.15) is 0 Å². The van der Waals surface area contributed by atoms with Crippen molar-refractivity contribution in [3.8, 4) is 11.1 Å². The lowest BCUT2D eigenvalue weighted by molar-refractivity contribution is 0.0207. The van der Waals surface area contributed by atoms with Crippen LogP contribution >= 0.6 is 12.4 Å². The van der Waals surface area contributed by atoms with Crippen LogP contribution in [-0.4, -0.2) is 54.2 Å². The molecular formula is C20H25ClN2O. The molecule has 2 aromatic carbocycles. The fourth-order valence-corrected chi connectivity index (χ4v) is 4.06. The van der Waals surface area contributed by atoms with Crippen molar-refractivity contribution in [2.45, 2.75) is 12.5 Å². The lowest BCUT2D eigenvalue weighted by atomic mass is 9.90. The summed E-state index contributed by atoms with van der Waals surface area (Å²) in [7, 11) is 0. The monoisotopic (exact) mass is 344 g/mol. The summed E-state index contributed by atoms with van der Waals surface area (Å²) in [4.78, 5) is 4.88. The molecule has 1 aliphatic heterocycles. The molecule has 1 N–H and O–H groups in total. The average molecular weight is 345 g/mol. The minimum Gasteiger partial charge on any atom is -0.379 e. The van der Waals surface area contributed by atoms with Crippen molar-refractivity contribution in [1.29, 1.82) is 0 Å². The molecule has 1 heterocycles. The summed E-state index contributed by atoms with van der Waals surface area (Å²) in [6.07, 6.45) is 0. The first kappa shape index (κ1) is 17.4. The van der Waals surface area contributed by atoms with E-state index in [1.54, 1.807) is 0 Å². The van der Waals surface area contributed by atoms with Gasteiger partial charge in [0.2, 0.25) is 0 Å². The largest absolute Gasteiger partial charge is 0.379 e. The van der Waals surface area contributed by atoms with Gasteiger partial charge in [0, 0.05) is 32.7 Å². The zero-order valence-electron chi connectivity index (χ0n) is 14.1. The van der Waals surface area contributed by atoms with Crippen LogP contribution in [-0.2, 0) is 5.60 Å². The number of hydrogen-bond acceptors (Lipinski definition) is 3. The van der Waals surface area contributed by atoms with Crippen molar-refractivity contribution < 1.29 is 5.11 Å². The van der Waals surface area contributed by atoms with Gasteiger partial charge in [-0.25, -0.2) is 0 Å². The van der Waals surface area contributed by atoms with Crippen molar-refractivity contribution in [3.05, 3.63) is 59.7 Å². The van der Waals surface area contributed by atoms with Crippen molar-refractivity contribution in [2.24, 2.45) is 0 Å². The summed E-state index contributed by atoms with van der Waals surface area (Å²) in [5, 5.41) is 11.6. The van der Waals surface area contributed by atoms with Crippen LogP contribution in [0.1, 0.15) is 18.1 Å². The number of rotatable bonds is 3. The first-order valence-corrected chi connectivity index (χ1v) is 8.59. The number of fused-ring (bicyclic) bond motifs is 3. The summed E-state index contributed by atoms with van der Waals surface area (Å²) in [5.41, 5.74) is 3.58. The number of benzene rings is 2. The Hall–Kier alpha value is -1.39. The van der Waals surface area contributed by atoms with E-state index in [-0.39, 0.29) is 12.4 Å². The molecule has 4 heteroatoms. The quantitative estimate of drug-likeness (QED) is 0.927. The third-order valence-corrected chi connectivity index (χ3v) is 5.40. The molecule has 0 unspecified atom stereocenters. The topological polar surface area (TPSA) is 26.7 Å². The maximum Gasteiger partial charge on any atom is 0.128 e. The molecule has 1 aliphatic carbocycles. The Kier molecular flexibility index (Phi) is 4.97. The van der Waals surface area contributed by atoms with E-state index in [1.165, 1.54) is 11.1 Å². The Morgan fingerprint density at radius 2 is 1.29 bits per heavy atom. The second-order valence-electron chi connectivity index (χ2n) is 6.66. The van der Waals surface area contributed by atoms with Gasteiger partial charge >= 0.3 is 0 Å². The average Bonchev–Trinajstić information content (AvgIpc) is 2.86. The number of piperazine rings is 1. The number of likely N-dealkylation sites (N-methyl/N-ethyl adjacent to an activating group) is 1. The molecular weight excluding hydrogens is 320 g/mol. The summed E-state index contributed by atoms with van der Waals surface area (Å²) in [6.45, 7) is 8.25. The molecule has 0 amide bonds. The summed E-state index contributed by atoms with van der Waals surface area (Å²) in [5.74, 6) is 0. The first-order chi connectivity index (χ1) is 11.2. The molecule has 3 nitrogen and oxygen atoms in total. The number of nitrogens with zero attached hydrogens (tertiary/aromatic N) is 2. The van der Waals surface area contributed by atoms with Gasteiger partial charge in [-0.1, -0.05) is 55.5 Å². The smallest absolute Gasteiger partial charge is 0.128 e. The molecule has 0 radical (unpaired) electrons. The number of β-amino-alcohol motifs (C(OH)–C–C–N with tert-alkyl or cyclic N) is 1. The zero-order valence-corrected chi connectivity index (χ0v) is 14.9. The molecule has 0 atom stereocenters. The van der Waals surface area contributed by atoms with Crippen molar-refractivity contribution in [3.63, 3.8) is 0 Å². The van der Waals surface area contributed by atoms with Gasteiger partial charge in [-0.3, -0.25) is 4.90 Å². The highest BCUT2D eigenvalue weighted by Crippen LogP contribution is 2.47. The van der Waals surface area contributed by atoms with Crippen LogP contribution in [0.25, 0.3) is 11.1 Å². The molecule has 0 saturated carbocycles. The van der Waals surface area contributed by atoms with E-state index in [9.17, 15) is 5.11 Å². The van der Waals surface area contributed by atoms with Crippen LogP contribution in [0.4, 0.5) is 0 Å². The van der Waals surface area contributed by atoms with Crippen LogP contribution in [0.2, 0.25) is 0 Å². The Morgan fingerprint density at radius 1 is 0.833 bits per heavy atom. The van der Waals surface area contributed by atoms with Crippen LogP contribution in [0.3, 0.4) is 0 Å². The van der Waals surface area contributed by atoms with Crippen LogP contribution < -0.4 is 0 Å². The Labute approximate surface area is 150 Å². The summed E-state index contributed by atoms with van der Waals surface area (Å²) < 4.78 is 0. The van der Waals surface area contributed by atoms with Crippen molar-refractivity contribution in [1.82, 2.24) is 9.80 Å².